The van der Waals surface area contributed by atoms with Gasteiger partial charge in [-0.15, -0.1) is 0 Å². The van der Waals surface area contributed by atoms with Crippen LogP contribution in [0.15, 0.2) is 54.6 Å². The van der Waals surface area contributed by atoms with Gasteiger partial charge in [0.05, 0.1) is 29.9 Å². The minimum absolute atomic E-state index is 0.425. The van der Waals surface area contributed by atoms with Crippen molar-refractivity contribution in [2.75, 3.05) is 26.2 Å². The summed E-state index contributed by atoms with van der Waals surface area (Å²) in [5.74, 6) is -0.857. The fourth-order valence-electron chi connectivity index (χ4n) is 5.72. The van der Waals surface area contributed by atoms with Crippen molar-refractivity contribution < 1.29 is 14.5 Å². The number of carbonyl (C=O) groups is 1. The van der Waals surface area contributed by atoms with Crippen LogP contribution >= 0.6 is 0 Å². The Balaban J connectivity index is 1.72. The monoisotopic (exact) mass is 430 g/mol. The standard InChI is InChI=1S/C27H31N3O2/c31-27(32)25-22-14-6-7-15-24(22)28-26(21-12-4-1-5-13-21)23(25)20-30(18-10-3-11-19-30)29-16-8-2-9-17-29/h1,4-7,12-15H,2-3,8-11,16-20H2/p+1. The van der Waals surface area contributed by atoms with Crippen LogP contribution in [0.5, 0.6) is 0 Å². The first-order valence-electron chi connectivity index (χ1n) is 12.0. The molecule has 0 unspecified atom stereocenters. The van der Waals surface area contributed by atoms with Gasteiger partial charge in [0, 0.05) is 29.6 Å². The van der Waals surface area contributed by atoms with Crippen molar-refractivity contribution in [1.82, 2.24) is 9.99 Å². The topological polar surface area (TPSA) is 53.4 Å². The average molecular weight is 431 g/mol. The Labute approximate surface area is 189 Å². The fraction of sp³-hybridized carbons (Fsp3) is 0.407. The highest BCUT2D eigenvalue weighted by atomic mass is 16.4. The number of nitrogens with zero attached hydrogens (tertiary/aromatic N) is 3. The normalized spacial score (nSPS) is 19.1. The van der Waals surface area contributed by atoms with Crippen LogP contribution in [-0.4, -0.2) is 51.8 Å². The summed E-state index contributed by atoms with van der Waals surface area (Å²) in [5, 5.41) is 13.8. The molecule has 5 rings (SSSR count). The molecule has 2 aromatic carbocycles. The highest BCUT2D eigenvalue weighted by Gasteiger charge is 2.40. The van der Waals surface area contributed by atoms with Crippen LogP contribution in [0.25, 0.3) is 22.2 Å². The van der Waals surface area contributed by atoms with Crippen molar-refractivity contribution in [3.05, 3.63) is 65.7 Å². The number of carboxylic acids is 1. The van der Waals surface area contributed by atoms with Crippen LogP contribution in [0.3, 0.4) is 0 Å². The number of quaternary nitrogens is 1. The van der Waals surface area contributed by atoms with Crippen LogP contribution in [-0.2, 0) is 6.54 Å². The van der Waals surface area contributed by atoms with E-state index in [4.69, 9.17) is 4.98 Å². The second-order valence-corrected chi connectivity index (χ2v) is 9.28. The van der Waals surface area contributed by atoms with Gasteiger partial charge in [-0.1, -0.05) is 55.0 Å². The van der Waals surface area contributed by atoms with Gasteiger partial charge < -0.3 is 5.11 Å². The van der Waals surface area contributed by atoms with E-state index < -0.39 is 5.97 Å². The van der Waals surface area contributed by atoms with Crippen LogP contribution in [0.1, 0.15) is 54.4 Å². The molecular weight excluding hydrogens is 398 g/mol. The largest absolute Gasteiger partial charge is 0.478 e. The van der Waals surface area contributed by atoms with Crippen molar-refractivity contribution in [3.8, 4) is 11.3 Å². The number of aromatic nitrogens is 1. The second kappa shape index (κ2) is 9.00. The number of para-hydroxylation sites is 1. The maximum Gasteiger partial charge on any atom is 0.336 e. The van der Waals surface area contributed by atoms with Crippen molar-refractivity contribution in [1.29, 1.82) is 0 Å². The Bertz CT molecular complexity index is 1100. The van der Waals surface area contributed by atoms with E-state index in [1.54, 1.807) is 0 Å². The molecule has 166 valence electrons. The number of piperidine rings is 2. The van der Waals surface area contributed by atoms with E-state index in [9.17, 15) is 9.90 Å². The summed E-state index contributed by atoms with van der Waals surface area (Å²) in [6.07, 6.45) is 7.41. The quantitative estimate of drug-likeness (QED) is 0.543. The van der Waals surface area contributed by atoms with Gasteiger partial charge in [0.2, 0.25) is 0 Å². The molecule has 2 aliphatic rings. The molecule has 2 fully saturated rings. The van der Waals surface area contributed by atoms with Crippen LogP contribution in [0, 0.1) is 0 Å². The summed E-state index contributed by atoms with van der Waals surface area (Å²) >= 11 is 0. The molecule has 3 aromatic rings. The number of pyridine rings is 1. The Morgan fingerprint density at radius 3 is 2.25 bits per heavy atom. The third-order valence-corrected chi connectivity index (χ3v) is 7.29. The van der Waals surface area contributed by atoms with Gasteiger partial charge in [0.1, 0.15) is 6.54 Å². The molecule has 2 aliphatic heterocycles. The van der Waals surface area contributed by atoms with E-state index in [0.29, 0.717) is 12.1 Å². The van der Waals surface area contributed by atoms with Gasteiger partial charge >= 0.3 is 5.97 Å². The molecule has 1 N–H and O–H groups in total. The van der Waals surface area contributed by atoms with Gasteiger partial charge in [0.15, 0.2) is 0 Å². The number of carboxylic acid groups (broad SMARTS) is 1. The first-order valence-corrected chi connectivity index (χ1v) is 12.0. The van der Waals surface area contributed by atoms with Crippen molar-refractivity contribution >= 4 is 16.9 Å². The van der Waals surface area contributed by atoms with Crippen molar-refractivity contribution in [2.45, 2.75) is 45.1 Å². The minimum atomic E-state index is -0.857. The Morgan fingerprint density at radius 2 is 1.53 bits per heavy atom. The molecule has 5 nitrogen and oxygen atoms in total. The van der Waals surface area contributed by atoms with Crippen LogP contribution in [0.4, 0.5) is 0 Å². The van der Waals surface area contributed by atoms with Gasteiger partial charge in [-0.2, -0.15) is 5.01 Å². The summed E-state index contributed by atoms with van der Waals surface area (Å²) in [6, 6.07) is 17.8. The number of aromatic carboxylic acids is 1. The molecule has 0 aliphatic carbocycles. The predicted molar refractivity (Wildman–Crippen MR) is 127 cm³/mol. The maximum absolute atomic E-state index is 12.7. The number of likely N-dealkylation sites (tertiary alicyclic amines) is 1. The van der Waals surface area contributed by atoms with E-state index in [0.717, 1.165) is 58.5 Å². The van der Waals surface area contributed by atoms with Gasteiger partial charge in [-0.25, -0.2) is 14.4 Å². The lowest BCUT2D eigenvalue weighted by atomic mass is 9.95. The molecule has 3 heterocycles. The third-order valence-electron chi connectivity index (χ3n) is 7.29. The molecule has 0 amide bonds. The Hall–Kier alpha value is -2.76. The molecule has 0 bridgehead atoms. The highest BCUT2D eigenvalue weighted by Crippen LogP contribution is 2.36. The summed E-state index contributed by atoms with van der Waals surface area (Å²) < 4.78 is 0.875. The van der Waals surface area contributed by atoms with Gasteiger partial charge in [0.25, 0.3) is 0 Å². The van der Waals surface area contributed by atoms with Gasteiger partial charge in [-0.05, 0) is 38.2 Å². The SMILES string of the molecule is O=C(O)c1c(C[N+]2(N3CCCCC3)CCCCC2)c(-c2ccccc2)nc2ccccc12. The summed E-state index contributed by atoms with van der Waals surface area (Å²) in [7, 11) is 0. The van der Waals surface area contributed by atoms with E-state index in [1.807, 2.05) is 54.6 Å². The smallest absolute Gasteiger partial charge is 0.336 e. The van der Waals surface area contributed by atoms with Gasteiger partial charge in [-0.3, -0.25) is 0 Å². The zero-order chi connectivity index (χ0) is 22.0. The lowest BCUT2D eigenvalue weighted by Gasteiger charge is -2.49. The molecule has 2 saturated heterocycles. The van der Waals surface area contributed by atoms with Crippen LogP contribution in [0.2, 0.25) is 0 Å². The van der Waals surface area contributed by atoms with Crippen LogP contribution < -0.4 is 0 Å². The fourth-order valence-corrected chi connectivity index (χ4v) is 5.72. The molecular formula is C27H32N3O2+. The van der Waals surface area contributed by atoms with Crippen molar-refractivity contribution in [3.63, 3.8) is 0 Å². The molecule has 0 radical (unpaired) electrons. The summed E-state index contributed by atoms with van der Waals surface area (Å²) in [6.45, 7) is 5.07. The number of hydrogen-bond acceptors (Lipinski definition) is 3. The number of benzene rings is 2. The zero-order valence-electron chi connectivity index (χ0n) is 18.7. The third kappa shape index (κ3) is 3.91. The lowest BCUT2D eigenvalue weighted by Crippen LogP contribution is -2.63. The van der Waals surface area contributed by atoms with E-state index in [2.05, 4.69) is 5.01 Å². The Kier molecular flexibility index (Phi) is 5.94. The number of rotatable bonds is 5. The average Bonchev–Trinajstić information content (AvgIpc) is 2.85. The minimum Gasteiger partial charge on any atom is -0.478 e. The van der Waals surface area contributed by atoms with Crippen molar-refractivity contribution in [2.24, 2.45) is 0 Å². The zero-order valence-corrected chi connectivity index (χ0v) is 18.7. The summed E-state index contributed by atoms with van der Waals surface area (Å²) in [5.41, 5.74) is 3.87. The second-order valence-electron chi connectivity index (χ2n) is 9.28. The Morgan fingerprint density at radius 1 is 0.875 bits per heavy atom. The number of hydrogen-bond donors (Lipinski definition) is 1. The molecule has 5 heteroatoms. The first-order chi connectivity index (χ1) is 15.7. The number of fused-ring (bicyclic) bond motifs is 1. The molecule has 0 atom stereocenters. The summed E-state index contributed by atoms with van der Waals surface area (Å²) in [4.78, 5) is 17.7. The van der Waals surface area contributed by atoms with E-state index >= 15 is 0 Å². The molecule has 32 heavy (non-hydrogen) atoms. The molecule has 0 saturated carbocycles. The van der Waals surface area contributed by atoms with E-state index in [-0.39, 0.29) is 0 Å². The first kappa shape index (κ1) is 21.1. The maximum atomic E-state index is 12.7. The van der Waals surface area contributed by atoms with E-state index in [1.165, 1.54) is 38.5 Å². The lowest BCUT2D eigenvalue weighted by molar-refractivity contribution is -1.05. The molecule has 1 aromatic heterocycles. The molecule has 0 spiro atoms. The highest BCUT2D eigenvalue weighted by molar-refractivity contribution is 6.05. The predicted octanol–water partition coefficient (Wildman–Crippen LogP) is 5.50.